The number of hydrogen-bond acceptors (Lipinski definition) is 5. The molecule has 1 atom stereocenters. The van der Waals surface area contributed by atoms with E-state index in [-0.39, 0.29) is 17.8 Å². The van der Waals surface area contributed by atoms with Crippen LogP contribution in [0.5, 0.6) is 0 Å². The van der Waals surface area contributed by atoms with Crippen molar-refractivity contribution < 1.29 is 9.18 Å². The standard InChI is InChI=1S/C18H22FN5O/c1-14(17(25)22-13-15-3-5-16(19)6-4-15)23-9-11-24(12-10-23)18-20-7-2-8-21-18/h2-8,14H,9-13H2,1H3,(H,22,25). The maximum absolute atomic E-state index is 12.9. The number of carbonyl (C=O) groups excluding carboxylic acids is 1. The Kier molecular flexibility index (Phi) is 5.55. The Balaban J connectivity index is 1.47. The molecule has 6 nitrogen and oxygen atoms in total. The van der Waals surface area contributed by atoms with Gasteiger partial charge < -0.3 is 10.2 Å². The van der Waals surface area contributed by atoms with Crippen LogP contribution >= 0.6 is 0 Å². The minimum absolute atomic E-state index is 0.0197. The van der Waals surface area contributed by atoms with Crippen LogP contribution in [0.15, 0.2) is 42.7 Å². The Morgan fingerprint density at radius 2 is 1.80 bits per heavy atom. The van der Waals surface area contributed by atoms with E-state index in [2.05, 4.69) is 25.1 Å². The SMILES string of the molecule is CC(C(=O)NCc1ccc(F)cc1)N1CCN(c2ncccn2)CC1. The van der Waals surface area contributed by atoms with Crippen LogP contribution in [0.2, 0.25) is 0 Å². The van der Waals surface area contributed by atoms with E-state index in [0.717, 1.165) is 37.7 Å². The highest BCUT2D eigenvalue weighted by molar-refractivity contribution is 5.81. The summed E-state index contributed by atoms with van der Waals surface area (Å²) in [5.41, 5.74) is 0.882. The van der Waals surface area contributed by atoms with Crippen LogP contribution in [0, 0.1) is 5.82 Å². The lowest BCUT2D eigenvalue weighted by atomic mass is 10.2. The van der Waals surface area contributed by atoms with E-state index < -0.39 is 0 Å². The van der Waals surface area contributed by atoms with Gasteiger partial charge in [-0.05, 0) is 30.7 Å². The molecule has 0 spiro atoms. The molecule has 1 fully saturated rings. The third kappa shape index (κ3) is 4.51. The Bertz CT molecular complexity index is 686. The van der Waals surface area contributed by atoms with Gasteiger partial charge in [0.15, 0.2) is 0 Å². The Labute approximate surface area is 146 Å². The van der Waals surface area contributed by atoms with Gasteiger partial charge in [0.05, 0.1) is 6.04 Å². The van der Waals surface area contributed by atoms with Crippen LogP contribution in [0.3, 0.4) is 0 Å². The smallest absolute Gasteiger partial charge is 0.237 e. The summed E-state index contributed by atoms with van der Waals surface area (Å²) in [7, 11) is 0. The molecule has 7 heteroatoms. The van der Waals surface area contributed by atoms with Crippen molar-refractivity contribution in [2.24, 2.45) is 0 Å². The van der Waals surface area contributed by atoms with Gasteiger partial charge in [-0.3, -0.25) is 9.69 Å². The van der Waals surface area contributed by atoms with Crippen LogP contribution in [-0.2, 0) is 11.3 Å². The molecule has 2 heterocycles. The zero-order chi connectivity index (χ0) is 17.6. The van der Waals surface area contributed by atoms with Crippen molar-refractivity contribution in [1.82, 2.24) is 20.2 Å². The average Bonchev–Trinajstić information content (AvgIpc) is 2.67. The second-order valence-electron chi connectivity index (χ2n) is 6.09. The zero-order valence-corrected chi connectivity index (χ0v) is 14.2. The molecule has 1 aliphatic rings. The van der Waals surface area contributed by atoms with Crippen molar-refractivity contribution in [3.05, 3.63) is 54.1 Å². The monoisotopic (exact) mass is 343 g/mol. The van der Waals surface area contributed by atoms with Gasteiger partial charge in [0.1, 0.15) is 5.82 Å². The lowest BCUT2D eigenvalue weighted by Gasteiger charge is -2.37. The van der Waals surface area contributed by atoms with E-state index in [1.54, 1.807) is 30.6 Å². The molecule has 1 saturated heterocycles. The number of halogens is 1. The molecule has 1 aromatic heterocycles. The fourth-order valence-electron chi connectivity index (χ4n) is 2.87. The van der Waals surface area contributed by atoms with Gasteiger partial charge in [0, 0.05) is 45.1 Å². The van der Waals surface area contributed by atoms with Crippen molar-refractivity contribution in [2.75, 3.05) is 31.1 Å². The zero-order valence-electron chi connectivity index (χ0n) is 14.2. The molecule has 2 aromatic rings. The lowest BCUT2D eigenvalue weighted by Crippen LogP contribution is -2.54. The molecular weight excluding hydrogens is 321 g/mol. The van der Waals surface area contributed by atoms with Crippen molar-refractivity contribution >= 4 is 11.9 Å². The molecule has 1 aromatic carbocycles. The van der Waals surface area contributed by atoms with Gasteiger partial charge in [-0.15, -0.1) is 0 Å². The first kappa shape index (κ1) is 17.3. The van der Waals surface area contributed by atoms with Crippen LogP contribution in [-0.4, -0.2) is 53.0 Å². The Morgan fingerprint density at radius 3 is 2.44 bits per heavy atom. The number of hydrogen-bond donors (Lipinski definition) is 1. The third-order valence-corrected chi connectivity index (χ3v) is 4.46. The molecule has 0 bridgehead atoms. The number of amides is 1. The molecule has 1 amide bonds. The third-order valence-electron chi connectivity index (χ3n) is 4.46. The second kappa shape index (κ2) is 8.02. The molecule has 1 N–H and O–H groups in total. The molecule has 0 saturated carbocycles. The minimum Gasteiger partial charge on any atom is -0.351 e. The number of anilines is 1. The topological polar surface area (TPSA) is 61.4 Å². The van der Waals surface area contributed by atoms with E-state index >= 15 is 0 Å². The highest BCUT2D eigenvalue weighted by atomic mass is 19.1. The van der Waals surface area contributed by atoms with Crippen molar-refractivity contribution in [3.8, 4) is 0 Å². The number of benzene rings is 1. The summed E-state index contributed by atoms with van der Waals surface area (Å²) in [5, 5.41) is 2.92. The van der Waals surface area contributed by atoms with Crippen molar-refractivity contribution in [3.63, 3.8) is 0 Å². The summed E-state index contributed by atoms with van der Waals surface area (Å²) in [6.45, 7) is 5.46. The Morgan fingerprint density at radius 1 is 1.16 bits per heavy atom. The van der Waals surface area contributed by atoms with E-state index in [1.807, 2.05) is 6.92 Å². The normalized spacial score (nSPS) is 16.5. The average molecular weight is 343 g/mol. The fourth-order valence-corrected chi connectivity index (χ4v) is 2.87. The summed E-state index contributed by atoms with van der Waals surface area (Å²) >= 11 is 0. The molecule has 1 aliphatic heterocycles. The second-order valence-corrected chi connectivity index (χ2v) is 6.09. The summed E-state index contributed by atoms with van der Waals surface area (Å²) in [4.78, 5) is 25.2. The summed E-state index contributed by atoms with van der Waals surface area (Å²) < 4.78 is 12.9. The highest BCUT2D eigenvalue weighted by Gasteiger charge is 2.26. The van der Waals surface area contributed by atoms with Crippen LogP contribution in [0.1, 0.15) is 12.5 Å². The van der Waals surface area contributed by atoms with Crippen molar-refractivity contribution in [1.29, 1.82) is 0 Å². The largest absolute Gasteiger partial charge is 0.351 e. The number of nitrogens with zero attached hydrogens (tertiary/aromatic N) is 4. The fraction of sp³-hybridized carbons (Fsp3) is 0.389. The lowest BCUT2D eigenvalue weighted by molar-refractivity contribution is -0.126. The number of piperazine rings is 1. The van der Waals surface area contributed by atoms with Gasteiger partial charge >= 0.3 is 0 Å². The predicted molar refractivity (Wildman–Crippen MR) is 93.5 cm³/mol. The molecule has 0 aliphatic carbocycles. The molecular formula is C18H22FN5O. The first-order valence-electron chi connectivity index (χ1n) is 8.41. The quantitative estimate of drug-likeness (QED) is 0.890. The minimum atomic E-state index is -0.274. The predicted octanol–water partition coefficient (Wildman–Crippen LogP) is 1.44. The number of rotatable bonds is 5. The van der Waals surface area contributed by atoms with Crippen LogP contribution < -0.4 is 10.2 Å². The maximum atomic E-state index is 12.9. The van der Waals surface area contributed by atoms with Gasteiger partial charge in [-0.2, -0.15) is 0 Å². The summed E-state index contributed by atoms with van der Waals surface area (Å²) in [5.74, 6) is 0.438. The Hall–Kier alpha value is -2.54. The molecule has 1 unspecified atom stereocenters. The molecule has 25 heavy (non-hydrogen) atoms. The van der Waals surface area contributed by atoms with E-state index in [9.17, 15) is 9.18 Å². The number of carbonyl (C=O) groups is 1. The number of nitrogens with one attached hydrogen (secondary N) is 1. The first-order chi connectivity index (χ1) is 12.1. The van der Waals surface area contributed by atoms with Gasteiger partial charge in [-0.1, -0.05) is 12.1 Å². The molecule has 0 radical (unpaired) electrons. The maximum Gasteiger partial charge on any atom is 0.237 e. The highest BCUT2D eigenvalue weighted by Crippen LogP contribution is 2.12. The van der Waals surface area contributed by atoms with Gasteiger partial charge in [0.25, 0.3) is 0 Å². The van der Waals surface area contributed by atoms with Crippen LogP contribution in [0.25, 0.3) is 0 Å². The first-order valence-corrected chi connectivity index (χ1v) is 8.41. The van der Waals surface area contributed by atoms with Crippen LogP contribution in [0.4, 0.5) is 10.3 Å². The van der Waals surface area contributed by atoms with Crippen molar-refractivity contribution in [2.45, 2.75) is 19.5 Å². The van der Waals surface area contributed by atoms with E-state index in [0.29, 0.717) is 6.54 Å². The molecule has 3 rings (SSSR count). The van der Waals surface area contributed by atoms with Gasteiger partial charge in [0.2, 0.25) is 11.9 Å². The van der Waals surface area contributed by atoms with E-state index in [4.69, 9.17) is 0 Å². The summed E-state index contributed by atoms with van der Waals surface area (Å²) in [6, 6.07) is 7.75. The van der Waals surface area contributed by atoms with Gasteiger partial charge in [-0.25, -0.2) is 14.4 Å². The molecule has 132 valence electrons. The summed E-state index contributed by atoms with van der Waals surface area (Å²) in [6.07, 6.45) is 3.47. The number of aromatic nitrogens is 2. The van der Waals surface area contributed by atoms with E-state index in [1.165, 1.54) is 12.1 Å².